The van der Waals surface area contributed by atoms with Crippen LogP contribution in [0.1, 0.15) is 36.3 Å². The summed E-state index contributed by atoms with van der Waals surface area (Å²) in [5.41, 5.74) is -1.42. The zero-order valence-electron chi connectivity index (χ0n) is 13.5. The third kappa shape index (κ3) is 3.12. The molecule has 0 aliphatic carbocycles. The van der Waals surface area contributed by atoms with Crippen molar-refractivity contribution in [1.29, 1.82) is 0 Å². The lowest BCUT2D eigenvalue weighted by molar-refractivity contribution is -0.160. The number of hydrogen-bond acceptors (Lipinski definition) is 4. The van der Waals surface area contributed by atoms with Crippen LogP contribution in [0.4, 0.5) is 13.2 Å². The van der Waals surface area contributed by atoms with Gasteiger partial charge in [0.1, 0.15) is 11.3 Å². The molecule has 2 fully saturated rings. The minimum atomic E-state index is -4.52. The summed E-state index contributed by atoms with van der Waals surface area (Å²) in [6.07, 6.45) is -3.16. The molecule has 0 saturated carbocycles. The van der Waals surface area contributed by atoms with Gasteiger partial charge >= 0.3 is 6.18 Å². The Morgan fingerprint density at radius 3 is 2.67 bits per heavy atom. The van der Waals surface area contributed by atoms with Crippen molar-refractivity contribution in [2.45, 2.75) is 44.3 Å². The molecule has 3 heterocycles. The van der Waals surface area contributed by atoms with Gasteiger partial charge in [-0.1, -0.05) is 0 Å². The summed E-state index contributed by atoms with van der Waals surface area (Å²) in [4.78, 5) is 17.6. The van der Waals surface area contributed by atoms with E-state index < -0.39 is 17.5 Å². The van der Waals surface area contributed by atoms with Crippen LogP contribution >= 0.6 is 0 Å². The average Bonchev–Trinajstić information content (AvgIpc) is 2.85. The fraction of sp³-hybridized carbons (Fsp3) is 0.625. The smallest absolute Gasteiger partial charge is 0.375 e. The number of morpholine rings is 1. The lowest BCUT2D eigenvalue weighted by Crippen LogP contribution is -2.59. The number of carbonyl (C=O) groups is 1. The van der Waals surface area contributed by atoms with Crippen LogP contribution in [-0.4, -0.2) is 53.3 Å². The summed E-state index contributed by atoms with van der Waals surface area (Å²) >= 11 is 0. The maximum atomic E-state index is 12.7. The second-order valence-corrected chi connectivity index (χ2v) is 6.37. The molecule has 0 N–H and O–H groups in total. The topological polar surface area (TPSA) is 51.7 Å². The lowest BCUT2D eigenvalue weighted by Gasteiger charge is -2.45. The largest absolute Gasteiger partial charge is 0.433 e. The van der Waals surface area contributed by atoms with Gasteiger partial charge in [0.15, 0.2) is 0 Å². The quantitative estimate of drug-likeness (QED) is 0.786. The fourth-order valence-electron chi connectivity index (χ4n) is 3.32. The highest BCUT2D eigenvalue weighted by atomic mass is 19.4. The molecule has 2 saturated heterocycles. The van der Waals surface area contributed by atoms with Crippen molar-refractivity contribution in [3.63, 3.8) is 0 Å². The van der Waals surface area contributed by atoms with E-state index in [1.807, 2.05) is 13.8 Å². The molecule has 0 bridgehead atoms. The molecule has 3 rings (SSSR count). The van der Waals surface area contributed by atoms with Gasteiger partial charge in [-0.2, -0.15) is 13.2 Å². The molecule has 1 spiro atoms. The minimum Gasteiger partial charge on any atom is -0.375 e. The van der Waals surface area contributed by atoms with Crippen molar-refractivity contribution < 1.29 is 27.4 Å². The maximum Gasteiger partial charge on any atom is 0.433 e. The first-order chi connectivity index (χ1) is 11.2. The molecule has 1 aromatic rings. The van der Waals surface area contributed by atoms with Crippen molar-refractivity contribution in [3.8, 4) is 0 Å². The van der Waals surface area contributed by atoms with E-state index >= 15 is 0 Å². The molecule has 3 atom stereocenters. The maximum absolute atomic E-state index is 12.7. The standard InChI is InChI=1S/C16H19F3N2O3/c1-10-8-21(9-15(24-10)5-6-23-11(15)2)14(22)12-3-4-13(20-7-12)16(17,18)19/h3-4,7,10-11H,5-6,8-9H2,1-2H3/t10-,11+,15+/m1/s1. The number of aromatic nitrogens is 1. The highest BCUT2D eigenvalue weighted by Gasteiger charge is 2.48. The summed E-state index contributed by atoms with van der Waals surface area (Å²) in [7, 11) is 0. The molecule has 0 unspecified atom stereocenters. The Balaban J connectivity index is 1.79. The van der Waals surface area contributed by atoms with Crippen LogP contribution in [0.3, 0.4) is 0 Å². The predicted octanol–water partition coefficient (Wildman–Crippen LogP) is 2.51. The summed E-state index contributed by atoms with van der Waals surface area (Å²) < 4.78 is 49.4. The number of amides is 1. The molecule has 1 aromatic heterocycles. The molecule has 8 heteroatoms. The molecule has 2 aliphatic heterocycles. The van der Waals surface area contributed by atoms with E-state index in [1.165, 1.54) is 6.07 Å². The van der Waals surface area contributed by atoms with Crippen LogP contribution in [0.15, 0.2) is 18.3 Å². The third-order valence-corrected chi connectivity index (χ3v) is 4.59. The van der Waals surface area contributed by atoms with Gasteiger partial charge in [0.05, 0.1) is 24.3 Å². The second-order valence-electron chi connectivity index (χ2n) is 6.37. The molecular formula is C16H19F3N2O3. The van der Waals surface area contributed by atoms with Crippen molar-refractivity contribution in [2.75, 3.05) is 19.7 Å². The van der Waals surface area contributed by atoms with E-state index in [-0.39, 0.29) is 23.7 Å². The van der Waals surface area contributed by atoms with E-state index in [0.717, 1.165) is 12.3 Å². The van der Waals surface area contributed by atoms with E-state index in [0.29, 0.717) is 26.1 Å². The fourth-order valence-corrected chi connectivity index (χ4v) is 3.32. The van der Waals surface area contributed by atoms with E-state index in [9.17, 15) is 18.0 Å². The number of alkyl halides is 3. The van der Waals surface area contributed by atoms with Gasteiger partial charge in [0, 0.05) is 25.8 Å². The SMILES string of the molecule is C[C@@H]1CN(C(=O)c2ccc(C(F)(F)F)nc2)C[C@]2(CCO[C@H]2C)O1. The molecule has 132 valence electrons. The van der Waals surface area contributed by atoms with Crippen LogP contribution in [-0.2, 0) is 15.7 Å². The van der Waals surface area contributed by atoms with Gasteiger partial charge in [0.25, 0.3) is 5.91 Å². The van der Waals surface area contributed by atoms with Gasteiger partial charge < -0.3 is 14.4 Å². The van der Waals surface area contributed by atoms with E-state index in [2.05, 4.69) is 4.98 Å². The minimum absolute atomic E-state index is 0.138. The second kappa shape index (κ2) is 6.00. The van der Waals surface area contributed by atoms with Gasteiger partial charge in [0.2, 0.25) is 0 Å². The highest BCUT2D eigenvalue weighted by Crippen LogP contribution is 2.35. The van der Waals surface area contributed by atoms with Crippen molar-refractivity contribution in [1.82, 2.24) is 9.88 Å². The number of ether oxygens (including phenoxy) is 2. The first-order valence-corrected chi connectivity index (χ1v) is 7.83. The Labute approximate surface area is 137 Å². The monoisotopic (exact) mass is 344 g/mol. The molecule has 0 radical (unpaired) electrons. The van der Waals surface area contributed by atoms with Gasteiger partial charge in [-0.3, -0.25) is 9.78 Å². The van der Waals surface area contributed by atoms with Crippen LogP contribution in [0, 0.1) is 0 Å². The number of halogens is 3. The summed E-state index contributed by atoms with van der Waals surface area (Å²) in [6.45, 7) is 5.09. The molecule has 24 heavy (non-hydrogen) atoms. The Bertz CT molecular complexity index is 620. The van der Waals surface area contributed by atoms with Crippen LogP contribution in [0.25, 0.3) is 0 Å². The number of hydrogen-bond donors (Lipinski definition) is 0. The van der Waals surface area contributed by atoms with Gasteiger partial charge in [-0.05, 0) is 26.0 Å². The highest BCUT2D eigenvalue weighted by molar-refractivity contribution is 5.94. The van der Waals surface area contributed by atoms with Gasteiger partial charge in [-0.25, -0.2) is 0 Å². The molecule has 0 aromatic carbocycles. The first kappa shape index (κ1) is 17.2. The normalized spacial score (nSPS) is 30.8. The summed E-state index contributed by atoms with van der Waals surface area (Å²) in [6, 6.07) is 1.99. The number of carbonyl (C=O) groups excluding carboxylic acids is 1. The number of nitrogens with zero attached hydrogens (tertiary/aromatic N) is 2. The van der Waals surface area contributed by atoms with Crippen molar-refractivity contribution >= 4 is 5.91 Å². The summed E-state index contributed by atoms with van der Waals surface area (Å²) in [5.74, 6) is -0.343. The lowest BCUT2D eigenvalue weighted by atomic mass is 9.92. The van der Waals surface area contributed by atoms with E-state index in [4.69, 9.17) is 9.47 Å². The zero-order valence-corrected chi connectivity index (χ0v) is 13.5. The molecular weight excluding hydrogens is 325 g/mol. The Morgan fingerprint density at radius 1 is 1.38 bits per heavy atom. The Morgan fingerprint density at radius 2 is 2.12 bits per heavy atom. The van der Waals surface area contributed by atoms with Crippen LogP contribution in [0.2, 0.25) is 0 Å². The average molecular weight is 344 g/mol. The summed E-state index contributed by atoms with van der Waals surface area (Å²) in [5, 5.41) is 0. The number of rotatable bonds is 1. The Kier molecular flexibility index (Phi) is 4.29. The van der Waals surface area contributed by atoms with Crippen LogP contribution < -0.4 is 0 Å². The molecule has 1 amide bonds. The van der Waals surface area contributed by atoms with Crippen molar-refractivity contribution in [2.24, 2.45) is 0 Å². The first-order valence-electron chi connectivity index (χ1n) is 7.83. The third-order valence-electron chi connectivity index (χ3n) is 4.59. The van der Waals surface area contributed by atoms with Gasteiger partial charge in [-0.15, -0.1) is 0 Å². The van der Waals surface area contributed by atoms with E-state index in [1.54, 1.807) is 4.90 Å². The Hall–Kier alpha value is -1.67. The zero-order chi connectivity index (χ0) is 17.5. The number of pyridine rings is 1. The van der Waals surface area contributed by atoms with Crippen LogP contribution in [0.5, 0.6) is 0 Å². The molecule has 5 nitrogen and oxygen atoms in total. The van der Waals surface area contributed by atoms with Crippen molar-refractivity contribution in [3.05, 3.63) is 29.6 Å². The predicted molar refractivity (Wildman–Crippen MR) is 78.5 cm³/mol. The molecule has 2 aliphatic rings.